The Labute approximate surface area is 171 Å². The van der Waals surface area contributed by atoms with Crippen LogP contribution in [0.3, 0.4) is 0 Å². The summed E-state index contributed by atoms with van der Waals surface area (Å²) in [7, 11) is 2.19. The van der Waals surface area contributed by atoms with Gasteiger partial charge in [-0.15, -0.1) is 0 Å². The quantitative estimate of drug-likeness (QED) is 0.630. The summed E-state index contributed by atoms with van der Waals surface area (Å²) >= 11 is 0. The fraction of sp³-hybridized carbons (Fsp3) is 0.364. The summed E-state index contributed by atoms with van der Waals surface area (Å²) < 4.78 is 40.9. The maximum absolute atomic E-state index is 14.1. The Hall–Kier alpha value is -2.87. The predicted octanol–water partition coefficient (Wildman–Crippen LogP) is 4.00. The van der Waals surface area contributed by atoms with Gasteiger partial charge in [-0.1, -0.05) is 12.5 Å². The highest BCUT2D eigenvalue weighted by Gasteiger charge is 2.28. The minimum atomic E-state index is -0.691. The van der Waals surface area contributed by atoms with Crippen molar-refractivity contribution in [2.75, 3.05) is 32.0 Å². The van der Waals surface area contributed by atoms with Crippen LogP contribution in [-0.2, 0) is 0 Å². The van der Waals surface area contributed by atoms with Crippen LogP contribution in [0.25, 0.3) is 10.8 Å². The highest BCUT2D eigenvalue weighted by Crippen LogP contribution is 2.37. The number of aromatic nitrogens is 2. The first kappa shape index (κ1) is 20.4. The minimum Gasteiger partial charge on any atom is -0.383 e. The molecule has 0 saturated carbocycles. The van der Waals surface area contributed by atoms with Crippen LogP contribution >= 0.6 is 0 Å². The van der Waals surface area contributed by atoms with E-state index in [-0.39, 0.29) is 17.5 Å². The Bertz CT molecular complexity index is 1130. The zero-order valence-electron chi connectivity index (χ0n) is 16.6. The summed E-state index contributed by atoms with van der Waals surface area (Å²) in [5.41, 5.74) is 0.604. The van der Waals surface area contributed by atoms with Crippen LogP contribution < -0.4 is 10.9 Å². The lowest BCUT2D eigenvalue weighted by molar-refractivity contribution is 0.277. The van der Waals surface area contributed by atoms with Gasteiger partial charge in [-0.3, -0.25) is 4.79 Å². The van der Waals surface area contributed by atoms with E-state index in [4.69, 9.17) is 0 Å². The molecule has 0 unspecified atom stereocenters. The zero-order chi connectivity index (χ0) is 21.3. The summed E-state index contributed by atoms with van der Waals surface area (Å²) in [5.74, 6) is -2.43. The lowest BCUT2D eigenvalue weighted by atomic mass is 9.88. The number of rotatable bonds is 1. The maximum atomic E-state index is 14.1. The van der Waals surface area contributed by atoms with Crippen molar-refractivity contribution in [1.29, 1.82) is 0 Å². The second-order valence-corrected chi connectivity index (χ2v) is 7.78. The largest absolute Gasteiger partial charge is 0.383 e. The Morgan fingerprint density at radius 1 is 1.03 bits per heavy atom. The fourth-order valence-electron chi connectivity index (χ4n) is 4.08. The molecule has 2 aliphatic heterocycles. The van der Waals surface area contributed by atoms with Gasteiger partial charge < -0.3 is 10.2 Å². The van der Waals surface area contributed by atoms with Gasteiger partial charge in [-0.25, -0.2) is 18.3 Å². The molecule has 5 rings (SSSR count). The maximum Gasteiger partial charge on any atom is 0.272 e. The van der Waals surface area contributed by atoms with Crippen LogP contribution in [0.15, 0.2) is 35.1 Å². The fourth-order valence-corrected chi connectivity index (χ4v) is 4.08. The van der Waals surface area contributed by atoms with E-state index in [0.717, 1.165) is 12.1 Å². The lowest BCUT2D eigenvalue weighted by Gasteiger charge is -2.26. The van der Waals surface area contributed by atoms with Crippen molar-refractivity contribution in [3.8, 4) is 0 Å². The molecule has 2 aromatic carbocycles. The molecule has 1 aromatic heterocycles. The summed E-state index contributed by atoms with van der Waals surface area (Å²) in [6, 6.07) is 5.71. The van der Waals surface area contributed by atoms with Crippen molar-refractivity contribution >= 4 is 16.5 Å². The molecule has 1 fully saturated rings. The number of H-pyrrole nitrogens is 1. The third kappa shape index (κ3) is 4.05. The number of benzene rings is 2. The van der Waals surface area contributed by atoms with Gasteiger partial charge in [-0.05, 0) is 56.7 Å². The molecule has 5 nitrogen and oxygen atoms in total. The van der Waals surface area contributed by atoms with Crippen LogP contribution in [0, 0.1) is 17.5 Å². The lowest BCUT2D eigenvalue weighted by Crippen LogP contribution is -2.25. The molecule has 158 valence electrons. The number of halogens is 3. The van der Waals surface area contributed by atoms with Gasteiger partial charge in [0.25, 0.3) is 5.56 Å². The average Bonchev–Trinajstić information content (AvgIpc) is 2.72. The first-order valence-corrected chi connectivity index (χ1v) is 10.0. The number of aromatic amines is 1. The van der Waals surface area contributed by atoms with Gasteiger partial charge in [0.05, 0.1) is 11.1 Å². The number of nitrogens with one attached hydrogen (secondary N) is 2. The standard InChI is InChI=1S/C16H10F3N3O.C6H13N/c17-7-1-2-9(12(19)4-7)11-6-20-13-5-8(18)3-10-14(13)15(11)21-22-16(10)23;1-7-5-3-2-4-6-7/h1-5,11,20H,6H2,(H,22,23);2-6H2,1H3/t11-;/m1./s1. The molecular formula is C22H23F3N4O. The number of likely N-dealkylation sites (tertiary alicyclic amines) is 1. The first-order valence-electron chi connectivity index (χ1n) is 10.0. The smallest absolute Gasteiger partial charge is 0.272 e. The number of hydrogen-bond acceptors (Lipinski definition) is 4. The van der Waals surface area contributed by atoms with E-state index >= 15 is 0 Å². The van der Waals surface area contributed by atoms with Crippen molar-refractivity contribution in [2.45, 2.75) is 25.2 Å². The summed E-state index contributed by atoms with van der Waals surface area (Å²) in [5, 5.41) is 9.93. The van der Waals surface area contributed by atoms with Crippen LogP contribution in [0.1, 0.15) is 36.4 Å². The molecule has 3 aromatic rings. The van der Waals surface area contributed by atoms with Crippen molar-refractivity contribution in [1.82, 2.24) is 15.1 Å². The normalized spacial score (nSPS) is 18.5. The number of anilines is 1. The molecule has 1 saturated heterocycles. The number of piperidine rings is 1. The van der Waals surface area contributed by atoms with E-state index in [1.54, 1.807) is 0 Å². The molecule has 0 aliphatic carbocycles. The van der Waals surface area contributed by atoms with Gasteiger partial charge >= 0.3 is 0 Å². The number of hydrogen-bond donors (Lipinski definition) is 2. The molecule has 8 heteroatoms. The topological polar surface area (TPSA) is 61.0 Å². The monoisotopic (exact) mass is 416 g/mol. The molecule has 3 heterocycles. The SMILES string of the molecule is CN1CCCCC1.O=c1[nH]nc2c3c(cc(F)cc13)NC[C@@H]2c1ccc(F)cc1F. The third-order valence-electron chi connectivity index (χ3n) is 5.63. The van der Waals surface area contributed by atoms with Crippen LogP contribution in [0.4, 0.5) is 18.9 Å². The predicted molar refractivity (Wildman–Crippen MR) is 110 cm³/mol. The van der Waals surface area contributed by atoms with E-state index in [1.807, 2.05) is 0 Å². The average molecular weight is 416 g/mol. The first-order chi connectivity index (χ1) is 14.4. The third-order valence-corrected chi connectivity index (χ3v) is 5.63. The summed E-state index contributed by atoms with van der Waals surface area (Å²) in [6.45, 7) is 2.90. The zero-order valence-corrected chi connectivity index (χ0v) is 16.6. The van der Waals surface area contributed by atoms with E-state index in [2.05, 4.69) is 27.5 Å². The summed E-state index contributed by atoms with van der Waals surface area (Å²) in [6.07, 6.45) is 4.28. The van der Waals surface area contributed by atoms with E-state index in [0.29, 0.717) is 16.8 Å². The highest BCUT2D eigenvalue weighted by molar-refractivity contribution is 5.97. The molecular weight excluding hydrogens is 393 g/mol. The summed E-state index contributed by atoms with van der Waals surface area (Å²) in [4.78, 5) is 14.3. The van der Waals surface area contributed by atoms with Crippen molar-refractivity contribution in [2.24, 2.45) is 0 Å². The van der Waals surface area contributed by atoms with Crippen LogP contribution in [0.5, 0.6) is 0 Å². The van der Waals surface area contributed by atoms with E-state index in [9.17, 15) is 18.0 Å². The molecule has 0 spiro atoms. The Morgan fingerprint density at radius 2 is 1.80 bits per heavy atom. The molecule has 30 heavy (non-hydrogen) atoms. The van der Waals surface area contributed by atoms with Gasteiger partial charge in [0.15, 0.2) is 0 Å². The molecule has 1 atom stereocenters. The molecule has 0 amide bonds. The Kier molecular flexibility index (Phi) is 5.76. The molecule has 2 N–H and O–H groups in total. The van der Waals surface area contributed by atoms with Crippen LogP contribution in [0.2, 0.25) is 0 Å². The van der Waals surface area contributed by atoms with Crippen LogP contribution in [-0.4, -0.2) is 41.8 Å². The van der Waals surface area contributed by atoms with E-state index in [1.165, 1.54) is 50.6 Å². The number of nitrogens with zero attached hydrogens (tertiary/aromatic N) is 2. The second kappa shape index (κ2) is 8.47. The Morgan fingerprint density at radius 3 is 2.47 bits per heavy atom. The second-order valence-electron chi connectivity index (χ2n) is 7.78. The minimum absolute atomic E-state index is 0.143. The van der Waals surface area contributed by atoms with Gasteiger partial charge in [-0.2, -0.15) is 5.10 Å². The van der Waals surface area contributed by atoms with Gasteiger partial charge in [0.2, 0.25) is 0 Å². The van der Waals surface area contributed by atoms with Crippen molar-refractivity contribution < 1.29 is 13.2 Å². The van der Waals surface area contributed by atoms with Gasteiger partial charge in [0.1, 0.15) is 17.5 Å². The van der Waals surface area contributed by atoms with E-state index < -0.39 is 28.9 Å². The highest BCUT2D eigenvalue weighted by atomic mass is 19.1. The van der Waals surface area contributed by atoms with Gasteiger partial charge in [0, 0.05) is 29.6 Å². The molecule has 0 bridgehead atoms. The van der Waals surface area contributed by atoms with Crippen molar-refractivity contribution in [3.05, 3.63) is 69.4 Å². The molecule has 2 aliphatic rings. The Balaban J connectivity index is 0.000000265. The van der Waals surface area contributed by atoms with Crippen molar-refractivity contribution in [3.63, 3.8) is 0 Å². The molecule has 0 radical (unpaired) electrons.